The SMILES string of the molecule is CCCn1c(OCc2cccc(Cl)c2)nc2nc(C3CC4CCC3C4)[nH]c2c1=O. The maximum atomic E-state index is 13.1. The lowest BCUT2D eigenvalue weighted by molar-refractivity contribution is 0.261. The van der Waals surface area contributed by atoms with Crippen LogP contribution in [0.5, 0.6) is 6.01 Å². The molecule has 0 radical (unpaired) electrons. The van der Waals surface area contributed by atoms with Crippen LogP contribution >= 0.6 is 11.6 Å². The first-order chi connectivity index (χ1) is 14.1. The van der Waals surface area contributed by atoms with E-state index in [1.54, 1.807) is 4.57 Å². The third-order valence-corrected chi connectivity index (χ3v) is 6.62. The summed E-state index contributed by atoms with van der Waals surface area (Å²) in [6.07, 6.45) is 5.89. The lowest BCUT2D eigenvalue weighted by atomic mass is 9.88. The van der Waals surface area contributed by atoms with Gasteiger partial charge in [-0.3, -0.25) is 9.36 Å². The number of nitrogens with zero attached hydrogens (tertiary/aromatic N) is 3. The molecule has 2 aliphatic carbocycles. The van der Waals surface area contributed by atoms with E-state index in [1.807, 2.05) is 31.2 Å². The molecule has 2 saturated carbocycles. The molecule has 1 N–H and O–H groups in total. The van der Waals surface area contributed by atoms with Crippen LogP contribution in [0.25, 0.3) is 11.2 Å². The molecular weight excluding hydrogens is 388 g/mol. The van der Waals surface area contributed by atoms with Crippen LogP contribution in [0.15, 0.2) is 29.1 Å². The fourth-order valence-electron chi connectivity index (χ4n) is 5.05. The predicted molar refractivity (Wildman–Crippen MR) is 112 cm³/mol. The normalized spacial score (nSPS) is 23.2. The maximum absolute atomic E-state index is 13.1. The number of imidazole rings is 1. The van der Waals surface area contributed by atoms with Crippen molar-refractivity contribution in [1.82, 2.24) is 19.5 Å². The minimum atomic E-state index is -0.111. The fourth-order valence-corrected chi connectivity index (χ4v) is 5.26. The number of ether oxygens (including phenoxy) is 1. The van der Waals surface area contributed by atoms with Gasteiger partial charge in [0.1, 0.15) is 12.4 Å². The Morgan fingerprint density at radius 3 is 2.90 bits per heavy atom. The van der Waals surface area contributed by atoms with Gasteiger partial charge in [-0.05, 0) is 55.2 Å². The molecule has 3 unspecified atom stereocenters. The minimum absolute atomic E-state index is 0.111. The Bertz CT molecular complexity index is 1110. The van der Waals surface area contributed by atoms with Crippen LogP contribution in [0, 0.1) is 11.8 Å². The molecule has 2 aliphatic rings. The molecule has 0 spiro atoms. The number of hydrogen-bond acceptors (Lipinski definition) is 4. The average Bonchev–Trinajstić information content (AvgIpc) is 3.44. The molecule has 0 aliphatic heterocycles. The van der Waals surface area contributed by atoms with Gasteiger partial charge in [0.25, 0.3) is 5.56 Å². The first-order valence-electron chi connectivity index (χ1n) is 10.5. The van der Waals surface area contributed by atoms with Crippen LogP contribution in [0.1, 0.15) is 56.3 Å². The number of aromatic nitrogens is 4. The summed E-state index contributed by atoms with van der Waals surface area (Å²) in [4.78, 5) is 25.8. The van der Waals surface area contributed by atoms with Crippen molar-refractivity contribution in [2.24, 2.45) is 11.8 Å². The van der Waals surface area contributed by atoms with Gasteiger partial charge < -0.3 is 9.72 Å². The Balaban J connectivity index is 1.49. The monoisotopic (exact) mass is 412 g/mol. The van der Waals surface area contributed by atoms with Crippen LogP contribution < -0.4 is 10.3 Å². The second-order valence-electron chi connectivity index (χ2n) is 8.37. The zero-order valence-electron chi connectivity index (χ0n) is 16.5. The van der Waals surface area contributed by atoms with Crippen LogP contribution in [0.3, 0.4) is 0 Å². The van der Waals surface area contributed by atoms with E-state index >= 15 is 0 Å². The van der Waals surface area contributed by atoms with Crippen molar-refractivity contribution in [2.75, 3.05) is 0 Å². The summed E-state index contributed by atoms with van der Waals surface area (Å²) < 4.78 is 7.55. The number of benzene rings is 1. The third kappa shape index (κ3) is 3.44. The van der Waals surface area contributed by atoms with E-state index in [0.29, 0.717) is 47.2 Å². The Kier molecular flexibility index (Phi) is 4.82. The Labute approximate surface area is 174 Å². The van der Waals surface area contributed by atoms with Gasteiger partial charge in [0.05, 0.1) is 0 Å². The van der Waals surface area contributed by atoms with Crippen molar-refractivity contribution in [3.8, 4) is 6.01 Å². The van der Waals surface area contributed by atoms with Crippen molar-refractivity contribution >= 4 is 22.8 Å². The second-order valence-corrected chi connectivity index (χ2v) is 8.81. The van der Waals surface area contributed by atoms with Crippen molar-refractivity contribution < 1.29 is 4.74 Å². The highest BCUT2D eigenvalue weighted by atomic mass is 35.5. The van der Waals surface area contributed by atoms with Crippen molar-refractivity contribution in [3.05, 3.63) is 51.0 Å². The van der Waals surface area contributed by atoms with Gasteiger partial charge in [0, 0.05) is 17.5 Å². The molecule has 6 nitrogen and oxygen atoms in total. The summed E-state index contributed by atoms with van der Waals surface area (Å²) in [6.45, 7) is 2.88. The minimum Gasteiger partial charge on any atom is -0.460 e. The molecule has 152 valence electrons. The van der Waals surface area contributed by atoms with E-state index in [9.17, 15) is 4.79 Å². The highest BCUT2D eigenvalue weighted by Crippen LogP contribution is 2.52. The zero-order valence-corrected chi connectivity index (χ0v) is 17.3. The van der Waals surface area contributed by atoms with Crippen LogP contribution in [-0.4, -0.2) is 19.5 Å². The molecule has 0 saturated heterocycles. The van der Waals surface area contributed by atoms with Gasteiger partial charge in [-0.15, -0.1) is 0 Å². The molecule has 7 heteroatoms. The first-order valence-corrected chi connectivity index (χ1v) is 10.9. The van der Waals surface area contributed by atoms with Crippen LogP contribution in [0.4, 0.5) is 0 Å². The summed E-state index contributed by atoms with van der Waals surface area (Å²) in [5, 5.41) is 0.656. The van der Waals surface area contributed by atoms with Crippen molar-refractivity contribution in [3.63, 3.8) is 0 Å². The molecule has 2 bridgehead atoms. The molecule has 29 heavy (non-hydrogen) atoms. The number of hydrogen-bond donors (Lipinski definition) is 1. The van der Waals surface area contributed by atoms with Crippen LogP contribution in [-0.2, 0) is 13.2 Å². The van der Waals surface area contributed by atoms with Gasteiger partial charge in [0.2, 0.25) is 0 Å². The van der Waals surface area contributed by atoms with E-state index in [-0.39, 0.29) is 5.56 Å². The molecule has 2 heterocycles. The maximum Gasteiger partial charge on any atom is 0.301 e. The Morgan fingerprint density at radius 2 is 2.17 bits per heavy atom. The van der Waals surface area contributed by atoms with E-state index in [4.69, 9.17) is 21.3 Å². The average molecular weight is 413 g/mol. The third-order valence-electron chi connectivity index (χ3n) is 6.39. The molecule has 2 fully saturated rings. The topological polar surface area (TPSA) is 72.8 Å². The Hall–Kier alpha value is -2.34. The smallest absolute Gasteiger partial charge is 0.301 e. The van der Waals surface area contributed by atoms with Crippen molar-refractivity contribution in [1.29, 1.82) is 0 Å². The number of H-pyrrole nitrogens is 1. The molecule has 1 aromatic carbocycles. The van der Waals surface area contributed by atoms with E-state index in [2.05, 4.69) is 9.97 Å². The zero-order chi connectivity index (χ0) is 20.0. The summed E-state index contributed by atoms with van der Waals surface area (Å²) in [5.74, 6) is 2.86. The highest BCUT2D eigenvalue weighted by molar-refractivity contribution is 6.30. The van der Waals surface area contributed by atoms with Gasteiger partial charge >= 0.3 is 6.01 Å². The van der Waals surface area contributed by atoms with Crippen LogP contribution in [0.2, 0.25) is 5.02 Å². The molecule has 3 atom stereocenters. The lowest BCUT2D eigenvalue weighted by Gasteiger charge is -2.18. The van der Waals surface area contributed by atoms with Gasteiger partial charge in [0.15, 0.2) is 11.2 Å². The summed E-state index contributed by atoms with van der Waals surface area (Å²) in [5.41, 5.74) is 1.77. The van der Waals surface area contributed by atoms with Gasteiger partial charge in [-0.2, -0.15) is 4.98 Å². The quantitative estimate of drug-likeness (QED) is 0.638. The standard InChI is InChI=1S/C22H25ClN4O2/c1-2-8-27-21(28)18-20(25-19(24-18)17-11-13-6-7-15(17)9-13)26-22(27)29-12-14-4-3-5-16(23)10-14/h3-5,10,13,15,17H,2,6-9,11-12H2,1H3,(H,24,25). The van der Waals surface area contributed by atoms with Gasteiger partial charge in [-0.25, -0.2) is 4.98 Å². The largest absolute Gasteiger partial charge is 0.460 e. The molecule has 5 rings (SSSR count). The summed E-state index contributed by atoms with van der Waals surface area (Å²) in [7, 11) is 0. The predicted octanol–water partition coefficient (Wildman–Crippen LogP) is 4.67. The van der Waals surface area contributed by atoms with Crippen molar-refractivity contribution in [2.45, 2.75) is 58.1 Å². The number of halogens is 1. The molecule has 3 aromatic rings. The van der Waals surface area contributed by atoms with Gasteiger partial charge in [-0.1, -0.05) is 37.1 Å². The summed E-state index contributed by atoms with van der Waals surface area (Å²) in [6, 6.07) is 7.81. The highest BCUT2D eigenvalue weighted by Gasteiger charge is 2.41. The molecule has 2 aromatic heterocycles. The van der Waals surface area contributed by atoms with E-state index in [1.165, 1.54) is 25.7 Å². The lowest BCUT2D eigenvalue weighted by Crippen LogP contribution is -2.23. The Morgan fingerprint density at radius 1 is 1.28 bits per heavy atom. The van der Waals surface area contributed by atoms with E-state index in [0.717, 1.165) is 23.7 Å². The fraction of sp³-hybridized carbons (Fsp3) is 0.500. The number of fused-ring (bicyclic) bond motifs is 3. The number of rotatable bonds is 6. The number of aromatic amines is 1. The first kappa shape index (κ1) is 18.7. The molecular formula is C22H25ClN4O2. The second kappa shape index (κ2) is 7.48. The van der Waals surface area contributed by atoms with E-state index < -0.39 is 0 Å². The summed E-state index contributed by atoms with van der Waals surface area (Å²) >= 11 is 6.06. The number of nitrogens with one attached hydrogen (secondary N) is 1. The molecule has 0 amide bonds.